The third-order valence-electron chi connectivity index (χ3n) is 5.60. The van der Waals surface area contributed by atoms with Crippen LogP contribution in [-0.2, 0) is 33.4 Å². The lowest BCUT2D eigenvalue weighted by atomic mass is 9.97. The zero-order valence-corrected chi connectivity index (χ0v) is 23.7. The van der Waals surface area contributed by atoms with Gasteiger partial charge in [-0.25, -0.2) is 14.2 Å². The molecule has 0 amide bonds. The van der Waals surface area contributed by atoms with E-state index in [1.165, 1.54) is 0 Å². The predicted octanol–water partition coefficient (Wildman–Crippen LogP) is 5.91. The third kappa shape index (κ3) is 7.94. The summed E-state index contributed by atoms with van der Waals surface area (Å²) in [5, 5.41) is 6.26. The van der Waals surface area contributed by atoms with Crippen molar-refractivity contribution in [2.45, 2.75) is 31.7 Å². The Morgan fingerprint density at radius 2 is 1.84 bits per heavy atom. The normalized spacial score (nSPS) is 13.6. The van der Waals surface area contributed by atoms with Gasteiger partial charge in [-0.3, -0.25) is 14.1 Å². The van der Waals surface area contributed by atoms with Crippen LogP contribution in [-0.4, -0.2) is 38.0 Å². The van der Waals surface area contributed by atoms with Crippen molar-refractivity contribution in [2.75, 3.05) is 23.4 Å². The molecule has 4 aromatic rings. The molecule has 4 rings (SSSR count). The fraction of sp³-hybridized carbons (Fsp3) is 0.269. The molecule has 0 aliphatic carbocycles. The Labute approximate surface area is 229 Å². The molecular formula is C26H29N4O5PS2. The van der Waals surface area contributed by atoms with Crippen molar-refractivity contribution >= 4 is 48.4 Å². The number of aryl methyl sites for hydroxylation is 1. The summed E-state index contributed by atoms with van der Waals surface area (Å²) in [7, 11) is -0.878. The Morgan fingerprint density at radius 1 is 1.13 bits per heavy atom. The van der Waals surface area contributed by atoms with Gasteiger partial charge in [0.05, 0.1) is 31.1 Å². The number of nitrogens with zero attached hydrogens (tertiary/aromatic N) is 2. The molecule has 3 atom stereocenters. The maximum atomic E-state index is 13.0. The Morgan fingerprint density at radius 3 is 2.47 bits per heavy atom. The molecule has 38 heavy (non-hydrogen) atoms. The smallest absolute Gasteiger partial charge is 0.319 e. The van der Waals surface area contributed by atoms with Gasteiger partial charge in [-0.1, -0.05) is 42.5 Å². The molecule has 12 heteroatoms. The van der Waals surface area contributed by atoms with E-state index in [1.807, 2.05) is 68.1 Å². The largest absolute Gasteiger partial charge is 0.445 e. The summed E-state index contributed by atoms with van der Waals surface area (Å²) in [6.07, 6.45) is 2.57. The Hall–Kier alpha value is -3.11. The second-order valence-electron chi connectivity index (χ2n) is 8.77. The van der Waals surface area contributed by atoms with Gasteiger partial charge in [-0.2, -0.15) is 0 Å². The number of benzene rings is 2. The number of nitrogens with one attached hydrogen (secondary N) is 2. The predicted molar refractivity (Wildman–Crippen MR) is 152 cm³/mol. The van der Waals surface area contributed by atoms with Crippen molar-refractivity contribution in [1.82, 2.24) is 9.97 Å². The highest BCUT2D eigenvalue weighted by atomic mass is 32.2. The molecule has 0 fully saturated rings. The number of hydrogen-bond donors (Lipinski definition) is 3. The van der Waals surface area contributed by atoms with E-state index in [9.17, 15) is 9.00 Å². The second-order valence-corrected chi connectivity index (χ2v) is 12.3. The van der Waals surface area contributed by atoms with Crippen LogP contribution in [0.4, 0.5) is 11.7 Å². The van der Waals surface area contributed by atoms with Crippen LogP contribution in [0.15, 0.2) is 70.6 Å². The fourth-order valence-electron chi connectivity index (χ4n) is 3.87. The Kier molecular flexibility index (Phi) is 9.63. The van der Waals surface area contributed by atoms with E-state index in [0.717, 1.165) is 21.8 Å². The number of hydrogen-bond acceptors (Lipinski definition) is 8. The lowest BCUT2D eigenvalue weighted by Crippen LogP contribution is -2.16. The van der Waals surface area contributed by atoms with Gasteiger partial charge in [0.1, 0.15) is 11.7 Å². The number of thiazole rings is 1. The molecule has 2 heterocycles. The van der Waals surface area contributed by atoms with Gasteiger partial charge in [-0.15, -0.1) is 11.3 Å². The SMILES string of the molecule is Cc1nc([C@H](Cc2ccc(NS(=O)O)cc2)Nc2ncc([C@H](Cc3ccccc3)C(=O)OP(C)C)o2)cs1. The van der Waals surface area contributed by atoms with Crippen molar-refractivity contribution in [3.05, 3.63) is 93.8 Å². The van der Waals surface area contributed by atoms with Gasteiger partial charge < -0.3 is 14.3 Å². The zero-order valence-electron chi connectivity index (χ0n) is 21.2. The maximum Gasteiger partial charge on any atom is 0.319 e. The molecule has 2 aromatic carbocycles. The van der Waals surface area contributed by atoms with Crippen LogP contribution in [0.25, 0.3) is 0 Å². The molecule has 0 spiro atoms. The average Bonchev–Trinajstić information content (AvgIpc) is 3.52. The summed E-state index contributed by atoms with van der Waals surface area (Å²) < 4.78 is 34.1. The van der Waals surface area contributed by atoms with Gasteiger partial charge >= 0.3 is 5.97 Å². The monoisotopic (exact) mass is 572 g/mol. The molecule has 2 aromatic heterocycles. The number of aromatic nitrogens is 2. The maximum absolute atomic E-state index is 13.0. The molecule has 0 radical (unpaired) electrons. The minimum Gasteiger partial charge on any atom is -0.445 e. The molecule has 3 N–H and O–H groups in total. The van der Waals surface area contributed by atoms with E-state index in [2.05, 4.69) is 20.0 Å². The van der Waals surface area contributed by atoms with E-state index in [-0.39, 0.29) is 18.0 Å². The lowest BCUT2D eigenvalue weighted by Gasteiger charge is -2.17. The topological polar surface area (TPSA) is 127 Å². The second kappa shape index (κ2) is 13.1. The first-order valence-electron chi connectivity index (χ1n) is 11.8. The van der Waals surface area contributed by atoms with Crippen LogP contribution in [0.3, 0.4) is 0 Å². The first kappa shape index (κ1) is 27.9. The van der Waals surface area contributed by atoms with Gasteiger partial charge in [0.25, 0.3) is 17.3 Å². The van der Waals surface area contributed by atoms with E-state index < -0.39 is 25.3 Å². The highest BCUT2D eigenvalue weighted by molar-refractivity contribution is 7.80. The van der Waals surface area contributed by atoms with Crippen molar-refractivity contribution < 1.29 is 22.5 Å². The highest BCUT2D eigenvalue weighted by Crippen LogP contribution is 2.33. The molecule has 1 unspecified atom stereocenters. The first-order valence-corrected chi connectivity index (χ1v) is 15.9. The standard InChI is InChI=1S/C26H29N4O5PS2/c1-17-28-23(16-37-17)22(14-19-9-11-20(12-10-19)30-38(32)33)29-26-27-15-24(34-26)21(25(31)35-36(2)3)13-18-7-5-4-6-8-18/h4-12,15-16,21-22,30H,13-14H2,1-3H3,(H,27,29)(H,32,33)/t21-,22-/m0/s1. The molecule has 0 aliphatic heterocycles. The summed E-state index contributed by atoms with van der Waals surface area (Å²) in [6.45, 7) is 5.71. The van der Waals surface area contributed by atoms with Crippen LogP contribution in [0.1, 0.15) is 39.5 Å². The number of oxazole rings is 1. The molecule has 0 saturated heterocycles. The molecule has 0 saturated carbocycles. The summed E-state index contributed by atoms with van der Waals surface area (Å²) in [5.41, 5.74) is 3.36. The minimum atomic E-state index is -2.13. The Bertz CT molecular complexity index is 1360. The van der Waals surface area contributed by atoms with Crippen molar-refractivity contribution in [1.29, 1.82) is 0 Å². The number of rotatable bonds is 12. The number of anilines is 2. The number of carbonyl (C=O) groups excluding carboxylic acids is 1. The lowest BCUT2D eigenvalue weighted by molar-refractivity contribution is -0.135. The van der Waals surface area contributed by atoms with Crippen LogP contribution < -0.4 is 10.0 Å². The summed E-state index contributed by atoms with van der Waals surface area (Å²) in [4.78, 5) is 22.1. The summed E-state index contributed by atoms with van der Waals surface area (Å²) >= 11 is -0.582. The molecule has 0 aliphatic rings. The van der Waals surface area contributed by atoms with Gasteiger partial charge in [0.15, 0.2) is 0 Å². The minimum absolute atomic E-state index is 0.254. The van der Waals surface area contributed by atoms with Crippen molar-refractivity contribution in [2.24, 2.45) is 0 Å². The summed E-state index contributed by atoms with van der Waals surface area (Å²) in [6, 6.07) is 17.0. The number of carbonyl (C=O) groups is 1. The molecule has 200 valence electrons. The van der Waals surface area contributed by atoms with E-state index in [0.29, 0.717) is 24.3 Å². The highest BCUT2D eigenvalue weighted by Gasteiger charge is 2.28. The average molecular weight is 573 g/mol. The molecule has 9 nitrogen and oxygen atoms in total. The van der Waals surface area contributed by atoms with Crippen LogP contribution in [0.2, 0.25) is 0 Å². The molecular weight excluding hydrogens is 543 g/mol. The van der Waals surface area contributed by atoms with Crippen LogP contribution in [0, 0.1) is 6.92 Å². The van der Waals surface area contributed by atoms with Gasteiger partial charge in [-0.05, 0) is 56.4 Å². The van der Waals surface area contributed by atoms with Gasteiger partial charge in [0.2, 0.25) is 0 Å². The van der Waals surface area contributed by atoms with Crippen LogP contribution in [0.5, 0.6) is 0 Å². The fourth-order valence-corrected chi connectivity index (χ4v) is 5.36. The summed E-state index contributed by atoms with van der Waals surface area (Å²) in [5.74, 6) is -0.530. The van der Waals surface area contributed by atoms with E-state index in [4.69, 9.17) is 13.5 Å². The first-order chi connectivity index (χ1) is 18.3. The third-order valence-corrected chi connectivity index (χ3v) is 7.34. The zero-order chi connectivity index (χ0) is 27.1. The quantitative estimate of drug-likeness (QED) is 0.141. The van der Waals surface area contributed by atoms with Crippen molar-refractivity contribution in [3.63, 3.8) is 0 Å². The van der Waals surface area contributed by atoms with Crippen LogP contribution >= 0.6 is 19.5 Å². The van der Waals surface area contributed by atoms with Crippen molar-refractivity contribution in [3.8, 4) is 0 Å². The van der Waals surface area contributed by atoms with E-state index in [1.54, 1.807) is 29.7 Å². The molecule has 0 bridgehead atoms. The van der Waals surface area contributed by atoms with E-state index >= 15 is 0 Å². The Balaban J connectivity index is 1.55. The van der Waals surface area contributed by atoms with Gasteiger partial charge in [0, 0.05) is 11.1 Å².